The number of hydrogen-bond donors (Lipinski definition) is 3. The van der Waals surface area contributed by atoms with E-state index in [0.717, 1.165) is 19.3 Å². The number of nitrogens with one attached hydrogen (secondary N) is 1. The summed E-state index contributed by atoms with van der Waals surface area (Å²) in [4.78, 5) is 47.9. The van der Waals surface area contributed by atoms with Crippen molar-refractivity contribution in [2.45, 2.75) is 32.1 Å². The van der Waals surface area contributed by atoms with E-state index < -0.39 is 17.7 Å². The molecular formula is C19H25N3O4. The number of rotatable bonds is 11. The van der Waals surface area contributed by atoms with Crippen molar-refractivity contribution in [1.82, 2.24) is 0 Å². The maximum Gasteiger partial charge on any atom is 0.217 e. The zero-order chi connectivity index (χ0) is 19.1. The van der Waals surface area contributed by atoms with Crippen molar-refractivity contribution in [2.24, 2.45) is 23.3 Å². The van der Waals surface area contributed by atoms with Gasteiger partial charge >= 0.3 is 0 Å². The molecule has 1 aromatic rings. The van der Waals surface area contributed by atoms with Crippen LogP contribution in [0.25, 0.3) is 0 Å². The van der Waals surface area contributed by atoms with Gasteiger partial charge in [0.1, 0.15) is 6.29 Å². The summed E-state index contributed by atoms with van der Waals surface area (Å²) in [5.41, 5.74) is 11.9. The summed E-state index contributed by atoms with van der Waals surface area (Å²) in [6.07, 6.45) is 3.46. The van der Waals surface area contributed by atoms with Gasteiger partial charge in [0, 0.05) is 30.1 Å². The number of primary amides is 1. The Morgan fingerprint density at radius 3 is 2.62 bits per heavy atom. The predicted octanol–water partition coefficient (Wildman–Crippen LogP) is 1.30. The lowest BCUT2D eigenvalue weighted by molar-refractivity contribution is -0.118. The number of amides is 1. The predicted molar refractivity (Wildman–Crippen MR) is 98.0 cm³/mol. The van der Waals surface area contributed by atoms with E-state index in [1.807, 2.05) is 0 Å². The van der Waals surface area contributed by atoms with Crippen LogP contribution in [0.4, 0.5) is 5.69 Å². The SMILES string of the molecule is NCCCCCNc1cccc2c1C(=O)C(C(C=O)CCC(N)=O)C2=O. The number of nitrogens with two attached hydrogens (primary N) is 2. The molecule has 0 radical (unpaired) electrons. The Morgan fingerprint density at radius 1 is 1.19 bits per heavy atom. The number of benzene rings is 1. The molecule has 1 amide bonds. The first kappa shape index (κ1) is 19.8. The molecule has 7 heteroatoms. The lowest BCUT2D eigenvalue weighted by Gasteiger charge is -2.14. The number of anilines is 1. The molecular weight excluding hydrogens is 334 g/mol. The van der Waals surface area contributed by atoms with Gasteiger partial charge in [0.15, 0.2) is 11.6 Å². The molecule has 7 nitrogen and oxygen atoms in total. The highest BCUT2D eigenvalue weighted by Gasteiger charge is 2.44. The van der Waals surface area contributed by atoms with Crippen molar-refractivity contribution in [3.8, 4) is 0 Å². The van der Waals surface area contributed by atoms with Gasteiger partial charge < -0.3 is 21.6 Å². The molecule has 2 unspecified atom stereocenters. The molecule has 0 aromatic heterocycles. The van der Waals surface area contributed by atoms with E-state index in [9.17, 15) is 19.2 Å². The molecule has 0 heterocycles. The number of ketones is 2. The van der Waals surface area contributed by atoms with Crippen molar-refractivity contribution in [3.05, 3.63) is 29.3 Å². The van der Waals surface area contributed by atoms with Crippen LogP contribution in [0, 0.1) is 11.8 Å². The number of fused-ring (bicyclic) bond motifs is 1. The monoisotopic (exact) mass is 359 g/mol. The molecule has 1 aromatic carbocycles. The quantitative estimate of drug-likeness (QED) is 0.310. The number of hydrogen-bond acceptors (Lipinski definition) is 6. The number of carbonyl (C=O) groups excluding carboxylic acids is 4. The van der Waals surface area contributed by atoms with Crippen molar-refractivity contribution < 1.29 is 19.2 Å². The second-order valence-electron chi connectivity index (χ2n) is 6.52. The summed E-state index contributed by atoms with van der Waals surface area (Å²) in [5, 5.41) is 3.21. The zero-order valence-electron chi connectivity index (χ0n) is 14.7. The van der Waals surface area contributed by atoms with Crippen molar-refractivity contribution >= 4 is 29.4 Å². The molecule has 2 atom stereocenters. The van der Waals surface area contributed by atoms with Gasteiger partial charge in [0.05, 0.1) is 11.5 Å². The van der Waals surface area contributed by atoms with Crippen LogP contribution in [-0.2, 0) is 9.59 Å². The Labute approximate surface area is 152 Å². The summed E-state index contributed by atoms with van der Waals surface area (Å²) < 4.78 is 0. The standard InChI is InChI=1S/C19H25N3O4/c20-9-2-1-3-10-22-14-6-4-5-13-17(14)19(26)16(18(13)25)12(11-23)7-8-15(21)24/h4-6,11-12,16,22H,1-3,7-10,20H2,(H2,21,24). The minimum Gasteiger partial charge on any atom is -0.384 e. The highest BCUT2D eigenvalue weighted by molar-refractivity contribution is 6.29. The zero-order valence-corrected chi connectivity index (χ0v) is 14.7. The molecule has 2 rings (SSSR count). The molecule has 0 bridgehead atoms. The van der Waals surface area contributed by atoms with E-state index in [1.165, 1.54) is 0 Å². The van der Waals surface area contributed by atoms with Crippen LogP contribution in [0.5, 0.6) is 0 Å². The largest absolute Gasteiger partial charge is 0.384 e. The first-order valence-corrected chi connectivity index (χ1v) is 8.90. The molecule has 140 valence electrons. The van der Waals surface area contributed by atoms with Gasteiger partial charge in [-0.15, -0.1) is 0 Å². The van der Waals surface area contributed by atoms with Crippen molar-refractivity contribution in [2.75, 3.05) is 18.4 Å². The summed E-state index contributed by atoms with van der Waals surface area (Å²) in [6.45, 7) is 1.31. The van der Waals surface area contributed by atoms with Crippen LogP contribution in [0.15, 0.2) is 18.2 Å². The van der Waals surface area contributed by atoms with E-state index in [-0.39, 0.29) is 24.4 Å². The minimum absolute atomic E-state index is 0.0386. The van der Waals surface area contributed by atoms with Crippen LogP contribution < -0.4 is 16.8 Å². The highest BCUT2D eigenvalue weighted by Crippen LogP contribution is 2.36. The van der Waals surface area contributed by atoms with E-state index in [2.05, 4.69) is 5.32 Å². The highest BCUT2D eigenvalue weighted by atomic mass is 16.2. The summed E-state index contributed by atoms with van der Waals surface area (Å²) in [5.74, 6) is -3.20. The molecule has 0 aliphatic heterocycles. The molecule has 5 N–H and O–H groups in total. The van der Waals surface area contributed by atoms with E-state index >= 15 is 0 Å². The third-order valence-corrected chi connectivity index (χ3v) is 4.66. The van der Waals surface area contributed by atoms with Gasteiger partial charge in [-0.05, 0) is 31.9 Å². The Morgan fingerprint density at radius 2 is 1.96 bits per heavy atom. The Balaban J connectivity index is 2.16. The number of carbonyl (C=O) groups is 4. The van der Waals surface area contributed by atoms with Gasteiger partial charge in [-0.2, -0.15) is 0 Å². The van der Waals surface area contributed by atoms with Gasteiger partial charge in [-0.3, -0.25) is 14.4 Å². The van der Waals surface area contributed by atoms with Gasteiger partial charge in [-0.1, -0.05) is 18.6 Å². The van der Waals surface area contributed by atoms with Gasteiger partial charge in [0.25, 0.3) is 0 Å². The van der Waals surface area contributed by atoms with E-state index in [4.69, 9.17) is 11.5 Å². The fourth-order valence-electron chi connectivity index (χ4n) is 3.29. The smallest absolute Gasteiger partial charge is 0.217 e. The third kappa shape index (κ3) is 4.35. The van der Waals surface area contributed by atoms with Crippen molar-refractivity contribution in [3.63, 3.8) is 0 Å². The topological polar surface area (TPSA) is 132 Å². The molecule has 26 heavy (non-hydrogen) atoms. The van der Waals surface area contributed by atoms with Crippen LogP contribution in [0.2, 0.25) is 0 Å². The second kappa shape index (κ2) is 9.24. The summed E-state index contributed by atoms with van der Waals surface area (Å²) in [7, 11) is 0. The summed E-state index contributed by atoms with van der Waals surface area (Å²) in [6, 6.07) is 5.08. The first-order chi connectivity index (χ1) is 12.5. The normalized spacial score (nSPS) is 17.0. The lowest BCUT2D eigenvalue weighted by Crippen LogP contribution is -2.28. The maximum atomic E-state index is 12.9. The van der Waals surface area contributed by atoms with Crippen LogP contribution in [-0.4, -0.2) is 36.8 Å². The Bertz CT molecular complexity index is 702. The van der Waals surface area contributed by atoms with Crippen LogP contribution >= 0.6 is 0 Å². The summed E-state index contributed by atoms with van der Waals surface area (Å²) >= 11 is 0. The molecule has 0 saturated heterocycles. The van der Waals surface area contributed by atoms with Crippen LogP contribution in [0.3, 0.4) is 0 Å². The third-order valence-electron chi connectivity index (χ3n) is 4.66. The van der Waals surface area contributed by atoms with Gasteiger partial charge in [0.2, 0.25) is 5.91 Å². The first-order valence-electron chi connectivity index (χ1n) is 8.90. The molecule has 0 spiro atoms. The van der Waals surface area contributed by atoms with E-state index in [0.29, 0.717) is 36.2 Å². The number of aldehydes is 1. The number of unbranched alkanes of at least 4 members (excludes halogenated alkanes) is 2. The van der Waals surface area contributed by atoms with Crippen molar-refractivity contribution in [1.29, 1.82) is 0 Å². The average Bonchev–Trinajstić information content (AvgIpc) is 2.88. The average molecular weight is 359 g/mol. The Kier molecular flexibility index (Phi) is 7.03. The Hall–Kier alpha value is -2.54. The molecule has 1 aliphatic rings. The van der Waals surface area contributed by atoms with Gasteiger partial charge in [-0.25, -0.2) is 0 Å². The maximum absolute atomic E-state index is 12.9. The minimum atomic E-state index is -1.07. The fraction of sp³-hybridized carbons (Fsp3) is 0.474. The van der Waals surface area contributed by atoms with Crippen LogP contribution in [0.1, 0.15) is 52.8 Å². The second-order valence-corrected chi connectivity index (χ2v) is 6.52. The molecule has 0 fully saturated rings. The molecule has 0 saturated carbocycles. The van der Waals surface area contributed by atoms with E-state index in [1.54, 1.807) is 18.2 Å². The lowest BCUT2D eigenvalue weighted by atomic mass is 9.85. The fourth-order valence-corrected chi connectivity index (χ4v) is 3.29. The number of Topliss-reactive ketones (excluding diaryl/α,β-unsaturated/α-hetero) is 2. The molecule has 1 aliphatic carbocycles.